The Hall–Kier alpha value is -4.40. The molecule has 1 atom stereocenters. The maximum atomic E-state index is 13.4. The van der Waals surface area contributed by atoms with E-state index >= 15 is 0 Å². The number of hydrogen-bond acceptors (Lipinski definition) is 9. The van der Waals surface area contributed by atoms with Crippen molar-refractivity contribution in [3.8, 4) is 11.4 Å². The average Bonchev–Trinajstić information content (AvgIpc) is 3.62. The Kier molecular flexibility index (Phi) is 9.43. The van der Waals surface area contributed by atoms with Gasteiger partial charge in [0, 0.05) is 31.1 Å². The van der Waals surface area contributed by atoms with Gasteiger partial charge in [0.15, 0.2) is 5.03 Å². The molecule has 3 N–H and O–H groups in total. The molecule has 0 aliphatic heterocycles. The minimum Gasteiger partial charge on any atom is -0.506 e. The summed E-state index contributed by atoms with van der Waals surface area (Å²) in [5, 5.41) is 18.7. The van der Waals surface area contributed by atoms with Gasteiger partial charge in [-0.05, 0) is 37.6 Å². The SMILES string of the molecule is CCOC(=O)c1cnn(-c2cc(NC(=O)c3ccc(Cl)c(Cl)c3)c(O)cc2NC(=O)C(CC)S(=O)(=O)c2cn(C)cn2)c1. The molecule has 226 valence electrons. The quantitative estimate of drug-likeness (QED) is 0.168. The van der Waals surface area contributed by atoms with Crippen molar-refractivity contribution in [1.29, 1.82) is 0 Å². The van der Waals surface area contributed by atoms with Gasteiger partial charge in [0.2, 0.25) is 15.7 Å². The maximum Gasteiger partial charge on any atom is 0.341 e. The average molecular weight is 650 g/mol. The molecule has 4 aromatic rings. The highest BCUT2D eigenvalue weighted by Gasteiger charge is 2.35. The summed E-state index contributed by atoms with van der Waals surface area (Å²) < 4.78 is 34.1. The van der Waals surface area contributed by atoms with Gasteiger partial charge in [0.1, 0.15) is 11.0 Å². The number of rotatable bonds is 10. The molecule has 43 heavy (non-hydrogen) atoms. The van der Waals surface area contributed by atoms with Crippen molar-refractivity contribution >= 4 is 62.2 Å². The summed E-state index contributed by atoms with van der Waals surface area (Å²) in [6.07, 6.45) is 5.04. The summed E-state index contributed by atoms with van der Waals surface area (Å²) >= 11 is 12.0. The molecule has 2 amide bonds. The molecular weight excluding hydrogens is 623 g/mol. The molecule has 0 saturated heterocycles. The van der Waals surface area contributed by atoms with Crippen molar-refractivity contribution < 1.29 is 32.6 Å². The zero-order chi connectivity index (χ0) is 31.5. The molecule has 0 fully saturated rings. The molecule has 2 aromatic heterocycles. The lowest BCUT2D eigenvalue weighted by molar-refractivity contribution is -0.115. The molecule has 1 unspecified atom stereocenters. The normalized spacial score (nSPS) is 12.0. The first-order valence-electron chi connectivity index (χ1n) is 12.7. The highest BCUT2D eigenvalue weighted by molar-refractivity contribution is 7.92. The van der Waals surface area contributed by atoms with Crippen molar-refractivity contribution in [2.45, 2.75) is 30.5 Å². The molecular formula is C27H26Cl2N6O7S. The Balaban J connectivity index is 1.74. The second-order valence-electron chi connectivity index (χ2n) is 9.17. The van der Waals surface area contributed by atoms with Crippen LogP contribution in [0.5, 0.6) is 5.75 Å². The molecule has 2 aromatic carbocycles. The van der Waals surface area contributed by atoms with Crippen LogP contribution >= 0.6 is 23.2 Å². The Morgan fingerprint density at radius 2 is 1.77 bits per heavy atom. The van der Waals surface area contributed by atoms with E-state index in [-0.39, 0.29) is 56.3 Å². The summed E-state index contributed by atoms with van der Waals surface area (Å²) in [7, 11) is -2.58. The molecule has 16 heteroatoms. The first kappa shape index (κ1) is 31.5. The van der Waals surface area contributed by atoms with E-state index < -0.39 is 38.6 Å². The van der Waals surface area contributed by atoms with Gasteiger partial charge in [0.25, 0.3) is 5.91 Å². The van der Waals surface area contributed by atoms with Crippen LogP contribution in [-0.4, -0.2) is 62.5 Å². The number of halogens is 2. The standard InChI is InChI=1S/C27H26Cl2N6O7S/c1-4-23(43(40,41)24-13-34(3)14-30-24)26(38)32-19-10-22(36)20(33-25(37)15-6-7-17(28)18(29)8-15)9-21(19)35-12-16(11-31-35)27(39)42-5-2/h6-14,23,36H,4-5H2,1-3H3,(H,32,38)(H,33,37). The number of phenolic OH excluding ortho intramolecular Hbond substituents is 1. The van der Waals surface area contributed by atoms with E-state index in [0.29, 0.717) is 0 Å². The van der Waals surface area contributed by atoms with E-state index in [9.17, 15) is 27.9 Å². The molecule has 13 nitrogen and oxygen atoms in total. The summed E-state index contributed by atoms with van der Waals surface area (Å²) in [4.78, 5) is 42.4. The molecule has 0 bridgehead atoms. The lowest BCUT2D eigenvalue weighted by atomic mass is 10.1. The van der Waals surface area contributed by atoms with Crippen LogP contribution in [0.25, 0.3) is 5.69 Å². The van der Waals surface area contributed by atoms with Gasteiger partial charge in [-0.3, -0.25) is 9.59 Å². The fourth-order valence-electron chi connectivity index (χ4n) is 4.01. The van der Waals surface area contributed by atoms with Gasteiger partial charge in [-0.1, -0.05) is 30.1 Å². The highest BCUT2D eigenvalue weighted by Crippen LogP contribution is 2.34. The monoisotopic (exact) mass is 648 g/mol. The van der Waals surface area contributed by atoms with Gasteiger partial charge in [-0.2, -0.15) is 5.10 Å². The van der Waals surface area contributed by atoms with Crippen molar-refractivity contribution in [2.75, 3.05) is 17.2 Å². The Labute approximate surface area is 256 Å². The minimum absolute atomic E-state index is 0.0665. The fraction of sp³-hybridized carbons (Fsp3) is 0.222. The second kappa shape index (κ2) is 12.9. The van der Waals surface area contributed by atoms with Crippen molar-refractivity contribution in [2.24, 2.45) is 7.05 Å². The van der Waals surface area contributed by atoms with Crippen LogP contribution in [0.3, 0.4) is 0 Å². The molecule has 4 rings (SSSR count). The van der Waals surface area contributed by atoms with Crippen LogP contribution in [0, 0.1) is 0 Å². The Morgan fingerprint density at radius 1 is 1.02 bits per heavy atom. The smallest absolute Gasteiger partial charge is 0.341 e. The first-order chi connectivity index (χ1) is 20.3. The zero-order valence-electron chi connectivity index (χ0n) is 23.0. The summed E-state index contributed by atoms with van der Waals surface area (Å²) in [6.45, 7) is 3.30. The number of phenols is 1. The number of benzene rings is 2. The van der Waals surface area contributed by atoms with E-state index in [1.54, 1.807) is 14.0 Å². The third kappa shape index (κ3) is 6.82. The van der Waals surface area contributed by atoms with Crippen LogP contribution in [0.1, 0.15) is 41.0 Å². The van der Waals surface area contributed by atoms with Gasteiger partial charge < -0.3 is 25.0 Å². The number of aromatic hydroxyl groups is 1. The van der Waals surface area contributed by atoms with Crippen LogP contribution in [0.15, 0.2) is 60.3 Å². The van der Waals surface area contributed by atoms with E-state index in [1.807, 2.05) is 0 Å². The van der Waals surface area contributed by atoms with E-state index in [0.717, 1.165) is 6.07 Å². The van der Waals surface area contributed by atoms with Crippen LogP contribution < -0.4 is 10.6 Å². The van der Waals surface area contributed by atoms with Crippen molar-refractivity contribution in [1.82, 2.24) is 19.3 Å². The number of esters is 1. The van der Waals surface area contributed by atoms with Gasteiger partial charge >= 0.3 is 5.97 Å². The number of sulfone groups is 1. The van der Waals surface area contributed by atoms with Gasteiger partial charge in [-0.15, -0.1) is 0 Å². The van der Waals surface area contributed by atoms with E-state index in [1.165, 1.54) is 65.4 Å². The van der Waals surface area contributed by atoms with Gasteiger partial charge in [0.05, 0.1) is 51.8 Å². The summed E-state index contributed by atoms with van der Waals surface area (Å²) in [5.41, 5.74) is 0.143. The van der Waals surface area contributed by atoms with E-state index in [2.05, 4.69) is 20.7 Å². The third-order valence-corrected chi connectivity index (χ3v) is 8.98. The molecule has 2 heterocycles. The number of aromatic nitrogens is 4. The maximum absolute atomic E-state index is 13.4. The number of carbonyl (C=O) groups is 3. The minimum atomic E-state index is -4.18. The summed E-state index contributed by atoms with van der Waals surface area (Å²) in [6, 6.07) is 6.62. The number of amides is 2. The van der Waals surface area contributed by atoms with Crippen molar-refractivity contribution in [3.05, 3.63) is 76.4 Å². The number of nitrogens with zero attached hydrogens (tertiary/aromatic N) is 4. The number of anilines is 2. The number of carbonyl (C=O) groups excluding carboxylic acids is 3. The molecule has 0 aliphatic carbocycles. The highest BCUT2D eigenvalue weighted by atomic mass is 35.5. The lowest BCUT2D eigenvalue weighted by Crippen LogP contribution is -2.35. The number of imidazole rings is 1. The largest absolute Gasteiger partial charge is 0.506 e. The second-order valence-corrected chi connectivity index (χ2v) is 12.1. The lowest BCUT2D eigenvalue weighted by Gasteiger charge is -2.18. The number of nitrogens with one attached hydrogen (secondary N) is 2. The first-order valence-corrected chi connectivity index (χ1v) is 15.0. The Bertz CT molecular complexity index is 1820. The number of hydrogen-bond donors (Lipinski definition) is 3. The van der Waals surface area contributed by atoms with Crippen LogP contribution in [-0.2, 0) is 26.4 Å². The van der Waals surface area contributed by atoms with E-state index in [4.69, 9.17) is 27.9 Å². The fourth-order valence-corrected chi connectivity index (χ4v) is 5.89. The molecule has 0 spiro atoms. The van der Waals surface area contributed by atoms with Crippen molar-refractivity contribution in [3.63, 3.8) is 0 Å². The predicted octanol–water partition coefficient (Wildman–Crippen LogP) is 4.24. The molecule has 0 radical (unpaired) electrons. The molecule has 0 saturated carbocycles. The number of aryl methyl sites for hydroxylation is 1. The Morgan fingerprint density at radius 3 is 2.40 bits per heavy atom. The topological polar surface area (TPSA) is 175 Å². The summed E-state index contributed by atoms with van der Waals surface area (Å²) in [5.74, 6) is -2.67. The van der Waals surface area contributed by atoms with Gasteiger partial charge in [-0.25, -0.2) is 22.9 Å². The van der Waals surface area contributed by atoms with Crippen LogP contribution in [0.4, 0.5) is 11.4 Å². The van der Waals surface area contributed by atoms with Crippen LogP contribution in [0.2, 0.25) is 10.0 Å². The third-order valence-electron chi connectivity index (χ3n) is 6.15. The zero-order valence-corrected chi connectivity index (χ0v) is 25.4. The predicted molar refractivity (Wildman–Crippen MR) is 159 cm³/mol. The molecule has 0 aliphatic rings. The number of ether oxygens (including phenoxy) is 1.